The van der Waals surface area contributed by atoms with Gasteiger partial charge in [-0.3, -0.25) is 0 Å². The van der Waals surface area contributed by atoms with E-state index in [-0.39, 0.29) is 18.1 Å². The van der Waals surface area contributed by atoms with Crippen LogP contribution < -0.4 is 10.0 Å². The molecule has 3 fully saturated rings. The van der Waals surface area contributed by atoms with Gasteiger partial charge in [-0.15, -0.1) is 0 Å². The van der Waals surface area contributed by atoms with E-state index in [0.29, 0.717) is 26.1 Å². The number of likely N-dealkylation sites (tertiary alicyclic amines) is 1. The number of ether oxygens (including phenoxy) is 4. The van der Waals surface area contributed by atoms with E-state index < -0.39 is 73.0 Å². The van der Waals surface area contributed by atoms with Crippen LogP contribution in [0.15, 0.2) is 35.6 Å². The molecule has 1 saturated carbocycles. The summed E-state index contributed by atoms with van der Waals surface area (Å²) < 4.78 is 22.3. The first-order chi connectivity index (χ1) is 21.0. The molecule has 0 bridgehead atoms. The SMILES string of the molecule is COC(=O)C1=CO[C@@H](O[C@H]2O[C@H](CO)[C@@H](O)C(O)(O)[C@H]2O)[C@H](C=C2CCCCC2)[C@@H]1C=CC1CC(C(=O)[O-])C[NH+](CCO)C1. The van der Waals surface area contributed by atoms with Crippen LogP contribution in [0.1, 0.15) is 38.5 Å². The maximum Gasteiger partial charge on any atom is 0.337 e. The smallest absolute Gasteiger partial charge is 0.337 e. The summed E-state index contributed by atoms with van der Waals surface area (Å²) in [4.78, 5) is 25.6. The summed E-state index contributed by atoms with van der Waals surface area (Å²) in [6.07, 6.45) is 3.09. The van der Waals surface area contributed by atoms with E-state index >= 15 is 0 Å². The largest absolute Gasteiger partial charge is 0.550 e. The number of rotatable bonds is 10. The van der Waals surface area contributed by atoms with E-state index in [1.807, 2.05) is 12.2 Å². The number of aliphatic hydroxyl groups is 6. The predicted octanol–water partition coefficient (Wildman–Crippen LogP) is -3.52. The average molecular weight is 628 g/mol. The van der Waals surface area contributed by atoms with E-state index in [2.05, 4.69) is 0 Å². The molecule has 44 heavy (non-hydrogen) atoms. The van der Waals surface area contributed by atoms with Gasteiger partial charge in [0, 0.05) is 17.8 Å². The summed E-state index contributed by atoms with van der Waals surface area (Å²) in [7, 11) is 1.23. The summed E-state index contributed by atoms with van der Waals surface area (Å²) >= 11 is 0. The third-order valence-electron chi connectivity index (χ3n) is 9.06. The van der Waals surface area contributed by atoms with E-state index in [4.69, 9.17) is 18.9 Å². The molecule has 0 aromatic carbocycles. The molecule has 10 atom stereocenters. The highest BCUT2D eigenvalue weighted by Gasteiger charge is 2.56. The Balaban J connectivity index is 1.68. The van der Waals surface area contributed by atoms with Crippen molar-refractivity contribution in [2.45, 2.75) is 75.2 Å². The molecular weight excluding hydrogens is 582 g/mol. The number of carbonyl (C=O) groups is 2. The van der Waals surface area contributed by atoms with Crippen molar-refractivity contribution < 1.29 is 69.2 Å². The third-order valence-corrected chi connectivity index (χ3v) is 9.06. The van der Waals surface area contributed by atoms with Gasteiger partial charge < -0.3 is 64.4 Å². The number of quaternary nitrogens is 1. The average Bonchev–Trinajstić information content (AvgIpc) is 3.01. The molecule has 0 spiro atoms. The van der Waals surface area contributed by atoms with Gasteiger partial charge in [-0.1, -0.05) is 30.2 Å². The third kappa shape index (κ3) is 7.87. The molecule has 0 radical (unpaired) electrons. The molecule has 4 rings (SSSR count). The van der Waals surface area contributed by atoms with Crippen molar-refractivity contribution in [3.63, 3.8) is 0 Å². The molecule has 4 aliphatic rings. The first-order valence-corrected chi connectivity index (χ1v) is 15.2. The van der Waals surface area contributed by atoms with Crippen molar-refractivity contribution in [2.75, 3.05) is 40.0 Å². The summed E-state index contributed by atoms with van der Waals surface area (Å²) in [6, 6.07) is 0. The molecule has 3 aliphatic heterocycles. The molecule has 0 aromatic rings. The van der Waals surface area contributed by atoms with E-state index in [0.717, 1.165) is 42.6 Å². The van der Waals surface area contributed by atoms with Crippen LogP contribution in [0.25, 0.3) is 0 Å². The van der Waals surface area contributed by atoms with E-state index in [1.54, 1.807) is 6.08 Å². The highest BCUT2D eigenvalue weighted by Crippen LogP contribution is 2.39. The van der Waals surface area contributed by atoms with Crippen LogP contribution in [0.2, 0.25) is 0 Å². The first-order valence-electron chi connectivity index (χ1n) is 15.2. The van der Waals surface area contributed by atoms with Crippen LogP contribution in [0.3, 0.4) is 0 Å². The van der Waals surface area contributed by atoms with Gasteiger partial charge in [-0.05, 0) is 32.1 Å². The summed E-state index contributed by atoms with van der Waals surface area (Å²) in [5.41, 5.74) is 1.27. The highest BCUT2D eigenvalue weighted by molar-refractivity contribution is 5.89. The summed E-state index contributed by atoms with van der Waals surface area (Å²) in [6.45, 7) is 0.397. The molecule has 1 aliphatic carbocycles. The van der Waals surface area contributed by atoms with Gasteiger partial charge >= 0.3 is 5.97 Å². The number of hydrogen-bond acceptors (Lipinski definition) is 13. The Bertz CT molecular complexity index is 1080. The number of nitrogens with one attached hydrogen (secondary N) is 1. The second-order valence-corrected chi connectivity index (χ2v) is 12.1. The Kier molecular flexibility index (Phi) is 12.0. The van der Waals surface area contributed by atoms with Gasteiger partial charge in [0.15, 0.2) is 12.4 Å². The Labute approximate surface area is 255 Å². The molecule has 2 saturated heterocycles. The molecule has 7 N–H and O–H groups in total. The summed E-state index contributed by atoms with van der Waals surface area (Å²) in [5, 5.41) is 72.4. The minimum absolute atomic E-state index is 0.0956. The Morgan fingerprint density at radius 2 is 1.82 bits per heavy atom. The van der Waals surface area contributed by atoms with Crippen LogP contribution in [-0.2, 0) is 28.5 Å². The monoisotopic (exact) mass is 627 g/mol. The molecular formula is C30H45NO13. The summed E-state index contributed by atoms with van der Waals surface area (Å²) in [5.74, 6) is -7.20. The van der Waals surface area contributed by atoms with Gasteiger partial charge in [-0.2, -0.15) is 0 Å². The van der Waals surface area contributed by atoms with Gasteiger partial charge in [0.2, 0.25) is 12.1 Å². The topological polar surface area (TPSA) is 220 Å². The maximum absolute atomic E-state index is 12.9. The molecule has 14 nitrogen and oxygen atoms in total. The lowest BCUT2D eigenvalue weighted by Crippen LogP contribution is -3.15. The van der Waals surface area contributed by atoms with Gasteiger partial charge in [-0.25, -0.2) is 4.79 Å². The van der Waals surface area contributed by atoms with Gasteiger partial charge in [0.25, 0.3) is 0 Å². The molecule has 14 heteroatoms. The number of carbonyl (C=O) groups excluding carboxylic acids is 2. The Morgan fingerprint density at radius 1 is 1.09 bits per heavy atom. The lowest BCUT2D eigenvalue weighted by Gasteiger charge is -2.46. The van der Waals surface area contributed by atoms with Crippen molar-refractivity contribution in [3.8, 4) is 0 Å². The number of methoxy groups -OCH3 is 1. The van der Waals surface area contributed by atoms with Crippen molar-refractivity contribution in [1.82, 2.24) is 0 Å². The van der Waals surface area contributed by atoms with Crippen LogP contribution in [0, 0.1) is 23.7 Å². The van der Waals surface area contributed by atoms with Crippen LogP contribution in [-0.4, -0.2) is 119 Å². The van der Waals surface area contributed by atoms with Gasteiger partial charge in [0.05, 0.1) is 57.1 Å². The molecule has 248 valence electrons. The lowest BCUT2D eigenvalue weighted by atomic mass is 9.79. The van der Waals surface area contributed by atoms with E-state index in [1.165, 1.54) is 13.4 Å². The number of allylic oxidation sites excluding steroid dienone is 2. The zero-order valence-electron chi connectivity index (χ0n) is 24.8. The lowest BCUT2D eigenvalue weighted by molar-refractivity contribution is -0.911. The number of aliphatic hydroxyl groups excluding tert-OH is 4. The number of aliphatic carboxylic acids is 1. The fourth-order valence-electron chi connectivity index (χ4n) is 6.62. The van der Waals surface area contributed by atoms with Gasteiger partial charge in [0.1, 0.15) is 18.8 Å². The van der Waals surface area contributed by atoms with Crippen molar-refractivity contribution in [1.29, 1.82) is 0 Å². The molecule has 0 amide bonds. The normalized spacial score (nSPS) is 37.6. The van der Waals surface area contributed by atoms with Crippen LogP contribution in [0.4, 0.5) is 0 Å². The highest BCUT2D eigenvalue weighted by atomic mass is 16.8. The zero-order valence-corrected chi connectivity index (χ0v) is 24.8. The van der Waals surface area contributed by atoms with Crippen molar-refractivity contribution >= 4 is 11.9 Å². The zero-order chi connectivity index (χ0) is 32.0. The Morgan fingerprint density at radius 3 is 2.45 bits per heavy atom. The fourth-order valence-corrected chi connectivity index (χ4v) is 6.62. The number of hydrogen-bond donors (Lipinski definition) is 7. The molecule has 3 heterocycles. The number of esters is 1. The van der Waals surface area contributed by atoms with Crippen molar-refractivity contribution in [3.05, 3.63) is 35.6 Å². The quantitative estimate of drug-likeness (QED) is 0.0710. The first kappa shape index (κ1) is 34.5. The minimum Gasteiger partial charge on any atom is -0.550 e. The minimum atomic E-state index is -3.06. The Hall–Kier alpha value is -2.40. The van der Waals surface area contributed by atoms with Crippen molar-refractivity contribution in [2.24, 2.45) is 23.7 Å². The maximum atomic E-state index is 12.9. The number of piperidine rings is 1. The number of carboxylic acids is 1. The van der Waals surface area contributed by atoms with Crippen LogP contribution >= 0.6 is 0 Å². The number of carboxylic acid groups (broad SMARTS) is 1. The molecule has 0 aromatic heterocycles. The predicted molar refractivity (Wildman–Crippen MR) is 148 cm³/mol. The standard InChI is InChI=1S/C30H45NO13/c1-41-27(38)22-16-42-28(44-29-25(35)30(39,40)24(34)23(15-33)43-29)21(12-17-5-3-2-4-6-17)20(22)8-7-18-11-19(26(36)37)14-31(13-18)9-10-32/h7-8,12,16,18-21,23-25,28-29,32-35,39-40H,2-6,9-11,13-15H2,1H3,(H,36,37)/t18?,19?,20-,21+,23+,24+,25-,28-,29+/m0/s1. The van der Waals surface area contributed by atoms with E-state index in [9.17, 15) is 45.3 Å². The second-order valence-electron chi connectivity index (χ2n) is 12.1. The second kappa shape index (κ2) is 15.3. The fraction of sp³-hybridized carbons (Fsp3) is 0.733. The van der Waals surface area contributed by atoms with Crippen LogP contribution in [0.5, 0.6) is 0 Å². The molecule has 3 unspecified atom stereocenters.